The Balaban J connectivity index is 1.63. The summed E-state index contributed by atoms with van der Waals surface area (Å²) in [6, 6.07) is 7.93. The molecule has 3 heterocycles. The van der Waals surface area contributed by atoms with Crippen molar-refractivity contribution in [2.75, 3.05) is 6.54 Å². The van der Waals surface area contributed by atoms with E-state index >= 15 is 0 Å². The molecule has 2 aromatic heterocycles. The van der Waals surface area contributed by atoms with E-state index in [0.29, 0.717) is 0 Å². The van der Waals surface area contributed by atoms with Crippen LogP contribution < -0.4 is 0 Å². The Morgan fingerprint density at radius 1 is 1.28 bits per heavy atom. The van der Waals surface area contributed by atoms with Crippen molar-refractivity contribution in [1.29, 1.82) is 0 Å². The number of nitrogens with zero attached hydrogens (tertiary/aromatic N) is 5. The highest BCUT2D eigenvalue weighted by Gasteiger charge is 2.21. The molecule has 6 nitrogen and oxygen atoms in total. The minimum Gasteiger partial charge on any atom is -0.387 e. The van der Waals surface area contributed by atoms with Gasteiger partial charge in [0.1, 0.15) is 0 Å². The molecule has 3 aromatic rings. The molecule has 0 aliphatic carbocycles. The molecule has 0 saturated heterocycles. The highest BCUT2D eigenvalue weighted by Crippen LogP contribution is 2.28. The standard InChI is InChI=1S/C18H22ClN5O/c1-12(25)15-9-13-10-23(7-4-8-24(13)21-15)11-16-18-14(19)5-3-6-17(18)22(2)20-16/h3,5-6,9,12,25H,4,7-8,10-11H2,1-2H3. The second kappa shape index (κ2) is 6.44. The van der Waals surface area contributed by atoms with E-state index in [1.54, 1.807) is 6.92 Å². The van der Waals surface area contributed by atoms with Gasteiger partial charge in [-0.3, -0.25) is 14.3 Å². The Kier molecular flexibility index (Phi) is 4.27. The Labute approximate surface area is 151 Å². The number of aromatic nitrogens is 4. The fourth-order valence-corrected chi connectivity index (χ4v) is 3.84. The first-order valence-electron chi connectivity index (χ1n) is 8.60. The molecule has 0 bridgehead atoms. The topological polar surface area (TPSA) is 59.1 Å². The van der Waals surface area contributed by atoms with Gasteiger partial charge in [0.25, 0.3) is 0 Å². The lowest BCUT2D eigenvalue weighted by molar-refractivity contribution is 0.193. The second-order valence-corrected chi connectivity index (χ2v) is 7.14. The van der Waals surface area contributed by atoms with Crippen molar-refractivity contribution in [3.8, 4) is 0 Å². The van der Waals surface area contributed by atoms with E-state index in [1.165, 1.54) is 0 Å². The first-order valence-corrected chi connectivity index (χ1v) is 8.98. The Morgan fingerprint density at radius 3 is 2.92 bits per heavy atom. The van der Waals surface area contributed by atoms with Crippen molar-refractivity contribution in [3.05, 3.63) is 46.4 Å². The summed E-state index contributed by atoms with van der Waals surface area (Å²) in [7, 11) is 1.95. The molecule has 1 aromatic carbocycles. The summed E-state index contributed by atoms with van der Waals surface area (Å²) in [6.07, 6.45) is 0.485. The van der Waals surface area contributed by atoms with Crippen molar-refractivity contribution >= 4 is 22.5 Å². The van der Waals surface area contributed by atoms with Gasteiger partial charge in [-0.05, 0) is 31.5 Å². The van der Waals surface area contributed by atoms with Gasteiger partial charge in [-0.2, -0.15) is 10.2 Å². The molecule has 132 valence electrons. The first-order chi connectivity index (χ1) is 12.0. The number of fused-ring (bicyclic) bond motifs is 2. The smallest absolute Gasteiger partial charge is 0.0950 e. The van der Waals surface area contributed by atoms with Gasteiger partial charge in [-0.25, -0.2) is 0 Å². The van der Waals surface area contributed by atoms with Gasteiger partial charge in [0.05, 0.1) is 33.7 Å². The van der Waals surface area contributed by atoms with Crippen molar-refractivity contribution in [2.45, 2.75) is 39.1 Å². The molecule has 1 aliphatic rings. The minimum absolute atomic E-state index is 0.536. The molecule has 1 N–H and O–H groups in total. The average Bonchev–Trinajstić information content (AvgIpc) is 3.05. The van der Waals surface area contributed by atoms with Crippen LogP contribution in [0.2, 0.25) is 5.02 Å². The molecule has 0 amide bonds. The number of hydrogen-bond donors (Lipinski definition) is 1. The zero-order chi connectivity index (χ0) is 17.6. The van der Waals surface area contributed by atoms with Gasteiger partial charge in [0.2, 0.25) is 0 Å². The quantitative estimate of drug-likeness (QED) is 0.781. The Morgan fingerprint density at radius 2 is 2.12 bits per heavy atom. The second-order valence-electron chi connectivity index (χ2n) is 6.73. The van der Waals surface area contributed by atoms with Crippen LogP contribution >= 0.6 is 11.6 Å². The minimum atomic E-state index is -0.536. The molecule has 4 rings (SSSR count). The lowest BCUT2D eigenvalue weighted by Gasteiger charge is -2.18. The van der Waals surface area contributed by atoms with Crippen LogP contribution in [0.4, 0.5) is 0 Å². The van der Waals surface area contributed by atoms with Gasteiger partial charge in [-0.15, -0.1) is 0 Å². The largest absolute Gasteiger partial charge is 0.387 e. The zero-order valence-corrected chi connectivity index (χ0v) is 15.2. The van der Waals surface area contributed by atoms with Crippen LogP contribution in [0, 0.1) is 0 Å². The third-order valence-corrected chi connectivity index (χ3v) is 5.13. The van der Waals surface area contributed by atoms with E-state index in [2.05, 4.69) is 10.00 Å². The maximum atomic E-state index is 9.78. The van der Waals surface area contributed by atoms with E-state index in [1.807, 2.05) is 40.7 Å². The van der Waals surface area contributed by atoms with Crippen molar-refractivity contribution in [1.82, 2.24) is 24.5 Å². The van der Waals surface area contributed by atoms with Gasteiger partial charge < -0.3 is 5.11 Å². The number of rotatable bonds is 3. The summed E-state index contributed by atoms with van der Waals surface area (Å²) >= 11 is 6.43. The molecule has 0 saturated carbocycles. The number of aryl methyl sites for hydroxylation is 2. The van der Waals surface area contributed by atoms with Crippen molar-refractivity contribution in [3.63, 3.8) is 0 Å². The monoisotopic (exact) mass is 359 g/mol. The third kappa shape index (κ3) is 3.05. The van der Waals surface area contributed by atoms with E-state index in [0.717, 1.165) is 65.6 Å². The lowest BCUT2D eigenvalue weighted by atomic mass is 10.2. The highest BCUT2D eigenvalue weighted by atomic mass is 35.5. The maximum Gasteiger partial charge on any atom is 0.0950 e. The molecule has 0 fully saturated rings. The van der Waals surface area contributed by atoms with Crippen molar-refractivity contribution < 1.29 is 5.11 Å². The summed E-state index contributed by atoms with van der Waals surface area (Å²) < 4.78 is 3.91. The van der Waals surface area contributed by atoms with Crippen LogP contribution in [0.15, 0.2) is 24.3 Å². The fourth-order valence-electron chi connectivity index (χ4n) is 3.57. The molecule has 1 atom stereocenters. The summed E-state index contributed by atoms with van der Waals surface area (Å²) in [5.41, 5.74) is 3.94. The van der Waals surface area contributed by atoms with Crippen LogP contribution in [-0.2, 0) is 26.7 Å². The van der Waals surface area contributed by atoms with Crippen LogP contribution in [-0.4, -0.2) is 36.1 Å². The highest BCUT2D eigenvalue weighted by molar-refractivity contribution is 6.35. The molecule has 1 aliphatic heterocycles. The summed E-state index contributed by atoms with van der Waals surface area (Å²) in [5, 5.41) is 20.8. The Hall–Kier alpha value is -1.89. The fraction of sp³-hybridized carbons (Fsp3) is 0.444. The number of halogens is 1. The van der Waals surface area contributed by atoms with E-state index in [9.17, 15) is 5.11 Å². The van der Waals surface area contributed by atoms with Crippen LogP contribution in [0.3, 0.4) is 0 Å². The van der Waals surface area contributed by atoms with Crippen LogP contribution in [0.5, 0.6) is 0 Å². The molecule has 7 heteroatoms. The maximum absolute atomic E-state index is 9.78. The summed E-state index contributed by atoms with van der Waals surface area (Å²) in [5.74, 6) is 0. The van der Waals surface area contributed by atoms with Crippen molar-refractivity contribution in [2.24, 2.45) is 7.05 Å². The van der Waals surface area contributed by atoms with Gasteiger partial charge in [0, 0.05) is 38.6 Å². The van der Waals surface area contributed by atoms with Gasteiger partial charge in [-0.1, -0.05) is 17.7 Å². The molecular weight excluding hydrogens is 338 g/mol. The number of benzene rings is 1. The molecule has 0 spiro atoms. The molecule has 0 radical (unpaired) electrons. The predicted molar refractivity (Wildman–Crippen MR) is 97.3 cm³/mol. The van der Waals surface area contributed by atoms with Gasteiger partial charge >= 0.3 is 0 Å². The first kappa shape index (κ1) is 16.6. The Bertz CT molecular complexity index is 914. The summed E-state index contributed by atoms with van der Waals surface area (Å²) in [6.45, 7) is 5.15. The summed E-state index contributed by atoms with van der Waals surface area (Å²) in [4.78, 5) is 2.37. The van der Waals surface area contributed by atoms with E-state index in [-0.39, 0.29) is 0 Å². The van der Waals surface area contributed by atoms with E-state index < -0.39 is 6.10 Å². The number of hydrogen-bond acceptors (Lipinski definition) is 4. The van der Waals surface area contributed by atoms with Crippen LogP contribution in [0.1, 0.15) is 36.5 Å². The zero-order valence-electron chi connectivity index (χ0n) is 14.5. The molecule has 25 heavy (non-hydrogen) atoms. The van der Waals surface area contributed by atoms with Crippen LogP contribution in [0.25, 0.3) is 10.9 Å². The predicted octanol–water partition coefficient (Wildman–Crippen LogP) is 2.88. The molecule has 1 unspecified atom stereocenters. The number of aliphatic hydroxyl groups excluding tert-OH is 1. The SMILES string of the molecule is CC(O)c1cc2n(n1)CCCN(Cc1nn(C)c3cccc(Cl)c13)C2. The van der Waals surface area contributed by atoms with Gasteiger partial charge in [0.15, 0.2) is 0 Å². The lowest BCUT2D eigenvalue weighted by Crippen LogP contribution is -2.23. The average molecular weight is 360 g/mol. The molecular formula is C18H22ClN5O. The number of aliphatic hydroxyl groups is 1. The third-order valence-electron chi connectivity index (χ3n) is 4.81. The van der Waals surface area contributed by atoms with E-state index in [4.69, 9.17) is 16.7 Å². The normalized spacial score (nSPS) is 16.8.